The molecule has 4 rings (SSSR count). The van der Waals surface area contributed by atoms with Crippen molar-refractivity contribution in [2.75, 3.05) is 20.3 Å². The number of likely N-dealkylation sites (tertiary alicyclic amines) is 1. The summed E-state index contributed by atoms with van der Waals surface area (Å²) in [5, 5.41) is 8.14. The minimum atomic E-state index is -0.204. The van der Waals surface area contributed by atoms with Crippen molar-refractivity contribution in [3.63, 3.8) is 0 Å². The van der Waals surface area contributed by atoms with Crippen LogP contribution in [0.4, 0.5) is 0 Å². The van der Waals surface area contributed by atoms with Gasteiger partial charge >= 0.3 is 0 Å². The molecule has 0 spiro atoms. The number of carbonyl (C=O) groups is 1. The van der Waals surface area contributed by atoms with Crippen LogP contribution in [0, 0.1) is 0 Å². The lowest BCUT2D eigenvalue weighted by atomic mass is 9.95. The van der Waals surface area contributed by atoms with Crippen LogP contribution in [0.5, 0.6) is 0 Å². The van der Waals surface area contributed by atoms with Crippen LogP contribution in [0.3, 0.4) is 0 Å². The molecule has 2 aromatic rings. The topological polar surface area (TPSA) is 94.5 Å². The molecule has 0 saturated carbocycles. The van der Waals surface area contributed by atoms with Crippen molar-refractivity contribution in [2.45, 2.75) is 57.4 Å². The fraction of sp³-hybridized carbons (Fsp3) is 0.667. The van der Waals surface area contributed by atoms with Gasteiger partial charge in [0.2, 0.25) is 11.7 Å². The second-order valence-corrected chi connectivity index (χ2v) is 6.95. The van der Waals surface area contributed by atoms with E-state index in [0.29, 0.717) is 37.0 Å². The van der Waals surface area contributed by atoms with Gasteiger partial charge in [-0.3, -0.25) is 4.79 Å². The molecule has 1 unspecified atom stereocenters. The smallest absolute Gasteiger partial charge is 0.293 e. The summed E-state index contributed by atoms with van der Waals surface area (Å²) in [5.74, 6) is 1.39. The Morgan fingerprint density at radius 3 is 2.96 bits per heavy atom. The van der Waals surface area contributed by atoms with Crippen molar-refractivity contribution in [1.82, 2.24) is 20.2 Å². The maximum absolute atomic E-state index is 13.2. The molecule has 0 radical (unpaired) electrons. The van der Waals surface area contributed by atoms with E-state index in [0.717, 1.165) is 56.2 Å². The SMILES string of the molecule is COCCc1noc(C2CCCCN2C(=O)c2onc3c2CCCC3)n1. The fourth-order valence-corrected chi connectivity index (χ4v) is 3.82. The number of fused-ring (bicyclic) bond motifs is 1. The number of hydrogen-bond donors (Lipinski definition) is 0. The molecule has 1 fully saturated rings. The van der Waals surface area contributed by atoms with Gasteiger partial charge < -0.3 is 18.7 Å². The Morgan fingerprint density at radius 1 is 1.19 bits per heavy atom. The van der Waals surface area contributed by atoms with E-state index in [4.69, 9.17) is 13.8 Å². The summed E-state index contributed by atoms with van der Waals surface area (Å²) in [4.78, 5) is 19.5. The largest absolute Gasteiger partial charge is 0.384 e. The molecule has 2 aliphatic rings. The fourth-order valence-electron chi connectivity index (χ4n) is 3.82. The highest BCUT2D eigenvalue weighted by atomic mass is 16.5. The average molecular weight is 360 g/mol. The lowest BCUT2D eigenvalue weighted by molar-refractivity contribution is 0.0518. The summed E-state index contributed by atoms with van der Waals surface area (Å²) in [5.41, 5.74) is 1.92. The summed E-state index contributed by atoms with van der Waals surface area (Å²) in [6.45, 7) is 1.20. The van der Waals surface area contributed by atoms with Crippen LogP contribution in [0.25, 0.3) is 0 Å². The first-order valence-electron chi connectivity index (χ1n) is 9.37. The Morgan fingerprint density at radius 2 is 2.08 bits per heavy atom. The molecule has 0 bridgehead atoms. The van der Waals surface area contributed by atoms with Crippen LogP contribution in [-0.2, 0) is 24.0 Å². The molecule has 1 aliphatic heterocycles. The lowest BCUT2D eigenvalue weighted by Crippen LogP contribution is -2.39. The average Bonchev–Trinajstić information content (AvgIpc) is 3.33. The number of aromatic nitrogens is 3. The van der Waals surface area contributed by atoms with E-state index in [2.05, 4.69) is 15.3 Å². The van der Waals surface area contributed by atoms with Gasteiger partial charge in [-0.05, 0) is 44.9 Å². The summed E-state index contributed by atoms with van der Waals surface area (Å²) < 4.78 is 16.0. The number of piperidine rings is 1. The molecule has 3 heterocycles. The third-order valence-corrected chi connectivity index (χ3v) is 5.22. The second-order valence-electron chi connectivity index (χ2n) is 6.95. The summed E-state index contributed by atoms with van der Waals surface area (Å²) in [7, 11) is 1.64. The number of methoxy groups -OCH3 is 1. The standard InChI is InChI=1S/C18H24N4O4/c1-24-11-9-15-19-17(26-21-15)14-8-4-5-10-22(14)18(23)16-12-6-2-3-7-13(12)20-25-16/h14H,2-11H2,1H3. The van der Waals surface area contributed by atoms with Crippen molar-refractivity contribution in [2.24, 2.45) is 0 Å². The molecule has 1 amide bonds. The molecule has 8 heteroatoms. The molecule has 26 heavy (non-hydrogen) atoms. The second kappa shape index (κ2) is 7.57. The predicted molar refractivity (Wildman–Crippen MR) is 90.7 cm³/mol. The minimum absolute atomic E-state index is 0.109. The van der Waals surface area contributed by atoms with E-state index in [9.17, 15) is 4.79 Å². The first-order chi connectivity index (χ1) is 12.8. The predicted octanol–water partition coefficient (Wildman–Crippen LogP) is 2.49. The Bertz CT molecular complexity index is 769. The lowest BCUT2D eigenvalue weighted by Gasteiger charge is -2.32. The van der Waals surface area contributed by atoms with Crippen molar-refractivity contribution >= 4 is 5.91 Å². The van der Waals surface area contributed by atoms with E-state index in [1.165, 1.54) is 0 Å². The number of hydrogen-bond acceptors (Lipinski definition) is 7. The van der Waals surface area contributed by atoms with Gasteiger partial charge in [0, 0.05) is 25.6 Å². The van der Waals surface area contributed by atoms with Crippen molar-refractivity contribution in [3.8, 4) is 0 Å². The van der Waals surface area contributed by atoms with Gasteiger partial charge in [-0.15, -0.1) is 0 Å². The highest BCUT2D eigenvalue weighted by Crippen LogP contribution is 2.33. The summed E-state index contributed by atoms with van der Waals surface area (Å²) in [6, 6.07) is -0.204. The Kier molecular flexibility index (Phi) is 5.01. The first kappa shape index (κ1) is 17.2. The molecule has 0 N–H and O–H groups in total. The molecule has 140 valence electrons. The highest BCUT2D eigenvalue weighted by Gasteiger charge is 2.36. The Balaban J connectivity index is 1.56. The molecule has 0 aromatic carbocycles. The van der Waals surface area contributed by atoms with Crippen LogP contribution in [-0.4, -0.2) is 46.4 Å². The number of amides is 1. The van der Waals surface area contributed by atoms with Gasteiger partial charge in [-0.1, -0.05) is 10.3 Å². The molecule has 1 aliphatic carbocycles. The van der Waals surface area contributed by atoms with Crippen molar-refractivity contribution in [1.29, 1.82) is 0 Å². The van der Waals surface area contributed by atoms with Gasteiger partial charge in [0.05, 0.1) is 12.3 Å². The van der Waals surface area contributed by atoms with E-state index < -0.39 is 0 Å². The Hall–Kier alpha value is -2.22. The highest BCUT2D eigenvalue weighted by molar-refractivity contribution is 5.93. The van der Waals surface area contributed by atoms with E-state index >= 15 is 0 Å². The van der Waals surface area contributed by atoms with E-state index in [-0.39, 0.29) is 11.9 Å². The third-order valence-electron chi connectivity index (χ3n) is 5.22. The normalized spacial score (nSPS) is 20.2. The minimum Gasteiger partial charge on any atom is -0.384 e. The quantitative estimate of drug-likeness (QED) is 0.808. The van der Waals surface area contributed by atoms with Gasteiger partial charge in [0.1, 0.15) is 6.04 Å². The zero-order valence-corrected chi connectivity index (χ0v) is 15.1. The summed E-state index contributed by atoms with van der Waals surface area (Å²) in [6.07, 6.45) is 7.32. The van der Waals surface area contributed by atoms with Gasteiger partial charge in [0.15, 0.2) is 5.82 Å². The van der Waals surface area contributed by atoms with Gasteiger partial charge in [0.25, 0.3) is 5.91 Å². The van der Waals surface area contributed by atoms with Gasteiger partial charge in [-0.2, -0.15) is 4.98 Å². The number of aryl methyl sites for hydroxylation is 1. The Labute approximate surface area is 151 Å². The number of carbonyl (C=O) groups excluding carboxylic acids is 1. The van der Waals surface area contributed by atoms with Crippen molar-refractivity contribution in [3.05, 3.63) is 28.7 Å². The summed E-state index contributed by atoms with van der Waals surface area (Å²) >= 11 is 0. The number of ether oxygens (including phenoxy) is 1. The maximum atomic E-state index is 13.2. The molecular formula is C18H24N4O4. The van der Waals surface area contributed by atoms with Crippen LogP contribution >= 0.6 is 0 Å². The molecule has 1 saturated heterocycles. The number of rotatable bonds is 5. The van der Waals surface area contributed by atoms with E-state index in [1.807, 2.05) is 4.90 Å². The molecule has 8 nitrogen and oxygen atoms in total. The zero-order chi connectivity index (χ0) is 17.9. The molecular weight excluding hydrogens is 336 g/mol. The zero-order valence-electron chi connectivity index (χ0n) is 15.1. The van der Waals surface area contributed by atoms with Crippen molar-refractivity contribution < 1.29 is 18.6 Å². The van der Waals surface area contributed by atoms with Crippen LogP contribution < -0.4 is 0 Å². The first-order valence-corrected chi connectivity index (χ1v) is 9.37. The monoisotopic (exact) mass is 360 g/mol. The van der Waals surface area contributed by atoms with Crippen LogP contribution in [0.15, 0.2) is 9.05 Å². The third kappa shape index (κ3) is 3.25. The number of nitrogens with zero attached hydrogens (tertiary/aromatic N) is 4. The molecule has 2 aromatic heterocycles. The van der Waals surface area contributed by atoms with Crippen LogP contribution in [0.2, 0.25) is 0 Å². The molecule has 1 atom stereocenters. The van der Waals surface area contributed by atoms with Crippen LogP contribution in [0.1, 0.15) is 71.7 Å². The maximum Gasteiger partial charge on any atom is 0.293 e. The van der Waals surface area contributed by atoms with Gasteiger partial charge in [-0.25, -0.2) is 0 Å². The van der Waals surface area contributed by atoms with E-state index in [1.54, 1.807) is 7.11 Å².